The van der Waals surface area contributed by atoms with Crippen LogP contribution in [0.25, 0.3) is 0 Å². The third-order valence-corrected chi connectivity index (χ3v) is 4.38. The average molecular weight is 405 g/mol. The summed E-state index contributed by atoms with van der Waals surface area (Å²) < 4.78 is 0. The van der Waals surface area contributed by atoms with Crippen LogP contribution in [0.3, 0.4) is 0 Å². The third-order valence-electron chi connectivity index (χ3n) is 3.55. The van der Waals surface area contributed by atoms with Crippen LogP contribution in [0.4, 0.5) is 5.69 Å². The minimum absolute atomic E-state index is 0.115. The largest absolute Gasteiger partial charge is 0.399 e. The number of nitrogens with one attached hydrogen (secondary N) is 1. The Morgan fingerprint density at radius 3 is 2.70 bits per heavy atom. The summed E-state index contributed by atoms with van der Waals surface area (Å²) in [5.41, 5.74) is 5.91. The normalized spacial score (nSPS) is 13.6. The highest BCUT2D eigenvalue weighted by atomic mass is 79.9. The Kier molecular flexibility index (Phi) is 7.02. The van der Waals surface area contributed by atoms with E-state index in [1.807, 2.05) is 6.92 Å². The van der Waals surface area contributed by atoms with E-state index in [4.69, 9.17) is 17.3 Å². The molecule has 0 bridgehead atoms. The number of rotatable bonds is 7. The molecule has 23 heavy (non-hydrogen) atoms. The van der Waals surface area contributed by atoms with Crippen molar-refractivity contribution in [1.82, 2.24) is 5.32 Å². The Hall–Kier alpha value is -1.60. The van der Waals surface area contributed by atoms with Gasteiger partial charge in [-0.1, -0.05) is 39.6 Å². The fourth-order valence-electron chi connectivity index (χ4n) is 1.81. The van der Waals surface area contributed by atoms with Crippen LogP contribution in [-0.4, -0.2) is 35.9 Å². The van der Waals surface area contributed by atoms with Crippen LogP contribution in [0.1, 0.15) is 36.2 Å². The maximum absolute atomic E-state index is 12.5. The first-order valence-corrected chi connectivity index (χ1v) is 8.36. The number of nitrogen functional groups attached to an aromatic ring is 1. The predicted molar refractivity (Wildman–Crippen MR) is 95.4 cm³/mol. The minimum atomic E-state index is -0.963. The first-order valence-electron chi connectivity index (χ1n) is 6.86. The predicted octanol–water partition coefficient (Wildman–Crippen LogP) is 2.77. The van der Waals surface area contributed by atoms with Crippen molar-refractivity contribution in [3.8, 4) is 0 Å². The fourth-order valence-corrected chi connectivity index (χ4v) is 2.66. The van der Waals surface area contributed by atoms with Crippen molar-refractivity contribution < 1.29 is 14.4 Å². The lowest BCUT2D eigenvalue weighted by molar-refractivity contribution is -0.122. The van der Waals surface area contributed by atoms with Crippen LogP contribution in [0.5, 0.6) is 0 Å². The molecule has 0 spiro atoms. The second-order valence-corrected chi connectivity index (χ2v) is 6.04. The molecule has 126 valence electrons. The number of benzene rings is 1. The van der Waals surface area contributed by atoms with Crippen LogP contribution >= 0.6 is 27.5 Å². The van der Waals surface area contributed by atoms with Gasteiger partial charge in [-0.25, -0.2) is 0 Å². The molecule has 0 saturated carbocycles. The average Bonchev–Trinajstić information content (AvgIpc) is 2.54. The summed E-state index contributed by atoms with van der Waals surface area (Å²) in [6, 6.07) is 2.98. The fraction of sp³-hybridized carbons (Fsp3) is 0.400. The van der Waals surface area contributed by atoms with Crippen LogP contribution in [0, 0.1) is 0 Å². The summed E-state index contributed by atoms with van der Waals surface area (Å²) in [5, 5.41) is 6.75. The molecule has 1 aromatic rings. The molecule has 0 aliphatic heterocycles. The molecular weight excluding hydrogens is 386 g/mol. The number of anilines is 1. The number of nitrogens with two attached hydrogens (primary N) is 1. The van der Waals surface area contributed by atoms with E-state index < -0.39 is 11.4 Å². The smallest absolute Gasteiger partial charge is 0.252 e. The highest BCUT2D eigenvalue weighted by molar-refractivity contribution is 9.09. The van der Waals surface area contributed by atoms with E-state index in [0.717, 1.165) is 0 Å². The molecule has 0 aliphatic carbocycles. The zero-order valence-corrected chi connectivity index (χ0v) is 15.5. The third kappa shape index (κ3) is 4.68. The second-order valence-electron chi connectivity index (χ2n) is 5.07. The monoisotopic (exact) mass is 403 g/mol. The number of amides is 1. The van der Waals surface area contributed by atoms with E-state index in [-0.39, 0.29) is 21.7 Å². The topological polar surface area (TPSA) is 93.8 Å². The first-order chi connectivity index (χ1) is 10.8. The molecule has 0 fully saturated rings. The Balaban J connectivity index is 3.15. The van der Waals surface area contributed by atoms with Gasteiger partial charge in [0.05, 0.1) is 27.8 Å². The standard InChI is InChI=1S/C15H19BrClN3O3/c1-4-15(2,12(21)7-16)20-14(22)9-5-10(8-19-23-3)13(18)11(17)6-9/h5-6,8H,4,7,18H2,1-3H3,(H,20,22)/b19-8+. The molecular formula is C15H19BrClN3O3. The number of carbonyl (C=O) groups excluding carboxylic acids is 2. The van der Waals surface area contributed by atoms with Crippen LogP contribution in [-0.2, 0) is 9.63 Å². The van der Waals surface area contributed by atoms with E-state index in [0.29, 0.717) is 17.7 Å². The van der Waals surface area contributed by atoms with E-state index in [1.54, 1.807) is 6.92 Å². The maximum atomic E-state index is 12.5. The van der Waals surface area contributed by atoms with Crippen molar-refractivity contribution in [3.05, 3.63) is 28.3 Å². The number of Topliss-reactive ketones (excluding diaryl/α,β-unsaturated/α-hetero) is 1. The van der Waals surface area contributed by atoms with Gasteiger partial charge >= 0.3 is 0 Å². The quantitative estimate of drug-likeness (QED) is 0.316. The number of ketones is 1. The van der Waals surface area contributed by atoms with Gasteiger partial charge in [-0.05, 0) is 25.5 Å². The van der Waals surface area contributed by atoms with E-state index in [1.165, 1.54) is 25.5 Å². The van der Waals surface area contributed by atoms with Gasteiger partial charge in [-0.3, -0.25) is 9.59 Å². The number of halogens is 2. The summed E-state index contributed by atoms with van der Waals surface area (Å²) in [6.45, 7) is 3.51. The van der Waals surface area contributed by atoms with E-state index in [9.17, 15) is 9.59 Å². The zero-order valence-electron chi connectivity index (χ0n) is 13.2. The maximum Gasteiger partial charge on any atom is 0.252 e. The van der Waals surface area contributed by atoms with Gasteiger partial charge in [0.1, 0.15) is 7.11 Å². The van der Waals surface area contributed by atoms with E-state index >= 15 is 0 Å². The molecule has 0 aromatic heterocycles. The summed E-state index contributed by atoms with van der Waals surface area (Å²) in [7, 11) is 1.39. The van der Waals surface area contributed by atoms with Crippen LogP contribution in [0.2, 0.25) is 5.02 Å². The van der Waals surface area contributed by atoms with Crippen molar-refractivity contribution >= 4 is 51.1 Å². The lowest BCUT2D eigenvalue weighted by Crippen LogP contribution is -2.52. The van der Waals surface area contributed by atoms with Gasteiger partial charge in [0.25, 0.3) is 5.91 Å². The molecule has 1 rings (SSSR count). The molecule has 0 heterocycles. The Bertz CT molecular complexity index is 637. The Labute approximate surface area is 148 Å². The van der Waals surface area contributed by atoms with Crippen LogP contribution < -0.4 is 11.1 Å². The number of oxime groups is 1. The molecule has 1 aromatic carbocycles. The summed E-state index contributed by atoms with van der Waals surface area (Å²) in [6.07, 6.45) is 1.82. The first kappa shape index (κ1) is 19.4. The van der Waals surface area contributed by atoms with Gasteiger partial charge in [-0.2, -0.15) is 0 Å². The lowest BCUT2D eigenvalue weighted by atomic mass is 9.93. The molecule has 1 atom stereocenters. The molecule has 1 unspecified atom stereocenters. The van der Waals surface area contributed by atoms with Crippen LogP contribution in [0.15, 0.2) is 17.3 Å². The van der Waals surface area contributed by atoms with Crippen molar-refractivity contribution in [3.63, 3.8) is 0 Å². The lowest BCUT2D eigenvalue weighted by Gasteiger charge is -2.27. The zero-order chi connectivity index (χ0) is 17.6. The molecule has 6 nitrogen and oxygen atoms in total. The number of hydrogen-bond acceptors (Lipinski definition) is 5. The van der Waals surface area contributed by atoms with E-state index in [2.05, 4.69) is 31.2 Å². The number of hydrogen-bond donors (Lipinski definition) is 2. The van der Waals surface area contributed by atoms with Gasteiger partial charge in [0.15, 0.2) is 5.78 Å². The number of alkyl halides is 1. The summed E-state index contributed by atoms with van der Waals surface area (Å²) in [4.78, 5) is 29.1. The Morgan fingerprint density at radius 1 is 1.52 bits per heavy atom. The summed E-state index contributed by atoms with van der Waals surface area (Å²) in [5.74, 6) is -0.534. The molecule has 0 saturated heterocycles. The highest BCUT2D eigenvalue weighted by Gasteiger charge is 2.32. The van der Waals surface area contributed by atoms with Gasteiger partial charge < -0.3 is 15.9 Å². The molecule has 3 N–H and O–H groups in total. The molecule has 1 amide bonds. The Morgan fingerprint density at radius 2 is 2.17 bits per heavy atom. The highest BCUT2D eigenvalue weighted by Crippen LogP contribution is 2.25. The number of nitrogens with zero attached hydrogens (tertiary/aromatic N) is 1. The van der Waals surface area contributed by atoms with Crippen molar-refractivity contribution in [1.29, 1.82) is 0 Å². The molecule has 8 heteroatoms. The van der Waals surface area contributed by atoms with Crippen molar-refractivity contribution in [2.45, 2.75) is 25.8 Å². The minimum Gasteiger partial charge on any atom is -0.399 e. The van der Waals surface area contributed by atoms with Gasteiger partial charge in [0, 0.05) is 11.1 Å². The van der Waals surface area contributed by atoms with Gasteiger partial charge in [-0.15, -0.1) is 0 Å². The van der Waals surface area contributed by atoms with Crippen molar-refractivity contribution in [2.75, 3.05) is 18.2 Å². The van der Waals surface area contributed by atoms with Gasteiger partial charge in [0.2, 0.25) is 0 Å². The second kappa shape index (κ2) is 8.31. The molecule has 0 aliphatic rings. The summed E-state index contributed by atoms with van der Waals surface area (Å²) >= 11 is 9.18. The molecule has 0 radical (unpaired) electrons. The number of carbonyl (C=O) groups is 2. The van der Waals surface area contributed by atoms with Crippen molar-refractivity contribution in [2.24, 2.45) is 5.16 Å². The SMILES string of the molecule is CCC(C)(NC(=O)c1cc(Cl)c(N)c(/C=N/OC)c1)C(=O)CBr.